The van der Waals surface area contributed by atoms with Crippen molar-refractivity contribution in [2.75, 3.05) is 39.6 Å². The first kappa shape index (κ1) is 16.9. The van der Waals surface area contributed by atoms with Crippen molar-refractivity contribution in [2.45, 2.75) is 26.7 Å². The van der Waals surface area contributed by atoms with Crippen LogP contribution in [0.2, 0.25) is 0 Å². The quantitative estimate of drug-likeness (QED) is 0.407. The summed E-state index contributed by atoms with van der Waals surface area (Å²) < 4.78 is 19.7. The van der Waals surface area contributed by atoms with Gasteiger partial charge < -0.3 is 18.9 Å². The number of carbonyl (C=O) groups is 2. The highest BCUT2D eigenvalue weighted by Crippen LogP contribution is 1.96. The van der Waals surface area contributed by atoms with E-state index in [1.807, 2.05) is 13.8 Å². The first-order chi connectivity index (χ1) is 8.70. The molecule has 0 amide bonds. The third-order valence-electron chi connectivity index (χ3n) is 1.92. The molecule has 0 atom stereocenters. The number of esters is 2. The number of hydrogen-bond acceptors (Lipinski definition) is 6. The van der Waals surface area contributed by atoms with Crippen LogP contribution in [0.15, 0.2) is 0 Å². The first-order valence-electron chi connectivity index (χ1n) is 6.17. The molecule has 0 aromatic rings. The molecule has 0 saturated carbocycles. The van der Waals surface area contributed by atoms with Gasteiger partial charge in [0.05, 0.1) is 26.1 Å². The average Bonchev–Trinajstić information content (AvgIpc) is 2.37. The van der Waals surface area contributed by atoms with Crippen molar-refractivity contribution in [3.63, 3.8) is 0 Å². The van der Waals surface area contributed by atoms with E-state index in [2.05, 4.69) is 0 Å². The van der Waals surface area contributed by atoms with E-state index in [1.54, 1.807) is 0 Å². The Morgan fingerprint density at radius 1 is 0.722 bits per heavy atom. The zero-order valence-electron chi connectivity index (χ0n) is 11.1. The van der Waals surface area contributed by atoms with Crippen molar-refractivity contribution in [3.05, 3.63) is 0 Å². The fourth-order valence-corrected chi connectivity index (χ4v) is 1.07. The van der Waals surface area contributed by atoms with Crippen LogP contribution in [0.1, 0.15) is 26.7 Å². The Morgan fingerprint density at radius 3 is 1.44 bits per heavy atom. The molecular weight excluding hydrogens is 240 g/mol. The Bertz CT molecular complexity index is 205. The molecule has 0 radical (unpaired) electrons. The second-order valence-corrected chi connectivity index (χ2v) is 3.33. The SMILES string of the molecule is CCOCCOC(=O)CCC(=O)OCCOCC. The van der Waals surface area contributed by atoms with Crippen LogP contribution < -0.4 is 0 Å². The molecule has 0 aliphatic carbocycles. The van der Waals surface area contributed by atoms with Crippen molar-refractivity contribution in [1.29, 1.82) is 0 Å². The highest BCUT2D eigenvalue weighted by atomic mass is 16.6. The molecule has 0 rings (SSSR count). The van der Waals surface area contributed by atoms with Crippen LogP contribution in [-0.4, -0.2) is 51.6 Å². The van der Waals surface area contributed by atoms with Crippen LogP contribution in [0.4, 0.5) is 0 Å². The largest absolute Gasteiger partial charge is 0.463 e. The summed E-state index contributed by atoms with van der Waals surface area (Å²) in [5, 5.41) is 0. The van der Waals surface area contributed by atoms with Crippen LogP contribution in [0.25, 0.3) is 0 Å². The Balaban J connectivity index is 3.39. The first-order valence-corrected chi connectivity index (χ1v) is 6.17. The normalized spacial score (nSPS) is 10.1. The van der Waals surface area contributed by atoms with Crippen molar-refractivity contribution >= 4 is 11.9 Å². The third kappa shape index (κ3) is 11.3. The van der Waals surface area contributed by atoms with E-state index in [0.717, 1.165) is 0 Å². The van der Waals surface area contributed by atoms with Gasteiger partial charge in [0.2, 0.25) is 0 Å². The van der Waals surface area contributed by atoms with E-state index in [-0.39, 0.29) is 26.1 Å². The summed E-state index contributed by atoms with van der Waals surface area (Å²) in [5.41, 5.74) is 0. The lowest BCUT2D eigenvalue weighted by atomic mass is 10.3. The molecule has 6 nitrogen and oxygen atoms in total. The lowest BCUT2D eigenvalue weighted by Gasteiger charge is -2.06. The van der Waals surface area contributed by atoms with Gasteiger partial charge in [-0.2, -0.15) is 0 Å². The Hall–Kier alpha value is -1.14. The zero-order chi connectivity index (χ0) is 13.6. The fraction of sp³-hybridized carbons (Fsp3) is 0.833. The summed E-state index contributed by atoms with van der Waals surface area (Å²) in [5.74, 6) is -0.840. The van der Waals surface area contributed by atoms with E-state index in [9.17, 15) is 9.59 Å². The molecule has 0 N–H and O–H groups in total. The van der Waals surface area contributed by atoms with Gasteiger partial charge in [0.15, 0.2) is 0 Å². The molecule has 0 aliphatic heterocycles. The summed E-state index contributed by atoms with van der Waals surface area (Å²) in [6.45, 7) is 6.08. The van der Waals surface area contributed by atoms with Gasteiger partial charge in [-0.15, -0.1) is 0 Å². The van der Waals surface area contributed by atoms with Crippen LogP contribution in [0, 0.1) is 0 Å². The van der Waals surface area contributed by atoms with Crippen LogP contribution in [0.5, 0.6) is 0 Å². The van der Waals surface area contributed by atoms with Crippen LogP contribution in [-0.2, 0) is 28.5 Å². The predicted molar refractivity (Wildman–Crippen MR) is 64.1 cm³/mol. The van der Waals surface area contributed by atoms with Gasteiger partial charge in [-0.25, -0.2) is 0 Å². The minimum absolute atomic E-state index is 0.0274. The number of carbonyl (C=O) groups excluding carboxylic acids is 2. The zero-order valence-corrected chi connectivity index (χ0v) is 11.1. The monoisotopic (exact) mass is 262 g/mol. The third-order valence-corrected chi connectivity index (χ3v) is 1.92. The van der Waals surface area contributed by atoms with Crippen molar-refractivity contribution < 1.29 is 28.5 Å². The maximum absolute atomic E-state index is 11.2. The molecule has 18 heavy (non-hydrogen) atoms. The second-order valence-electron chi connectivity index (χ2n) is 3.33. The van der Waals surface area contributed by atoms with Crippen molar-refractivity contribution in [3.8, 4) is 0 Å². The highest BCUT2D eigenvalue weighted by Gasteiger charge is 2.08. The molecule has 0 aromatic heterocycles. The predicted octanol–water partition coefficient (Wildman–Crippen LogP) is 0.926. The number of ether oxygens (including phenoxy) is 4. The smallest absolute Gasteiger partial charge is 0.306 e. The fourth-order valence-electron chi connectivity index (χ4n) is 1.07. The molecule has 0 bridgehead atoms. The van der Waals surface area contributed by atoms with Gasteiger partial charge in [-0.05, 0) is 13.8 Å². The molecule has 6 heteroatoms. The molecule has 0 fully saturated rings. The standard InChI is InChI=1S/C12H22O6/c1-3-15-7-9-17-11(13)5-6-12(14)18-10-8-16-4-2/h3-10H2,1-2H3. The molecule has 0 spiro atoms. The Kier molecular flexibility index (Phi) is 11.5. The van der Waals surface area contributed by atoms with E-state index in [1.165, 1.54) is 0 Å². The molecule has 0 aromatic carbocycles. The van der Waals surface area contributed by atoms with Crippen LogP contribution in [0.3, 0.4) is 0 Å². The number of rotatable bonds is 11. The van der Waals surface area contributed by atoms with Gasteiger partial charge >= 0.3 is 11.9 Å². The molecule has 0 saturated heterocycles. The van der Waals surface area contributed by atoms with Gasteiger partial charge in [0.1, 0.15) is 13.2 Å². The summed E-state index contributed by atoms with van der Waals surface area (Å²) in [4.78, 5) is 22.4. The summed E-state index contributed by atoms with van der Waals surface area (Å²) >= 11 is 0. The summed E-state index contributed by atoms with van der Waals surface area (Å²) in [6.07, 6.45) is 0.0547. The molecular formula is C12H22O6. The molecule has 0 aliphatic rings. The molecule has 0 unspecified atom stereocenters. The maximum atomic E-state index is 11.2. The summed E-state index contributed by atoms with van der Waals surface area (Å²) in [7, 11) is 0. The second kappa shape index (κ2) is 12.3. The van der Waals surface area contributed by atoms with E-state index >= 15 is 0 Å². The lowest BCUT2D eigenvalue weighted by Crippen LogP contribution is -2.14. The van der Waals surface area contributed by atoms with Crippen LogP contribution >= 0.6 is 0 Å². The Labute approximate surface area is 108 Å². The topological polar surface area (TPSA) is 71.1 Å². The van der Waals surface area contributed by atoms with Crippen molar-refractivity contribution in [2.24, 2.45) is 0 Å². The van der Waals surface area contributed by atoms with E-state index in [0.29, 0.717) is 26.4 Å². The van der Waals surface area contributed by atoms with E-state index < -0.39 is 11.9 Å². The molecule has 0 heterocycles. The highest BCUT2D eigenvalue weighted by molar-refractivity contribution is 5.77. The van der Waals surface area contributed by atoms with Gasteiger partial charge in [-0.3, -0.25) is 9.59 Å². The lowest BCUT2D eigenvalue weighted by molar-refractivity contribution is -0.151. The minimum atomic E-state index is -0.420. The van der Waals surface area contributed by atoms with Crippen molar-refractivity contribution in [1.82, 2.24) is 0 Å². The maximum Gasteiger partial charge on any atom is 0.306 e. The minimum Gasteiger partial charge on any atom is -0.463 e. The summed E-state index contributed by atoms with van der Waals surface area (Å²) in [6, 6.07) is 0. The van der Waals surface area contributed by atoms with Gasteiger partial charge in [-0.1, -0.05) is 0 Å². The Morgan fingerprint density at radius 2 is 1.11 bits per heavy atom. The number of hydrogen-bond donors (Lipinski definition) is 0. The van der Waals surface area contributed by atoms with Gasteiger partial charge in [0, 0.05) is 13.2 Å². The molecule has 106 valence electrons. The van der Waals surface area contributed by atoms with E-state index in [4.69, 9.17) is 18.9 Å². The van der Waals surface area contributed by atoms with Gasteiger partial charge in [0.25, 0.3) is 0 Å². The average molecular weight is 262 g/mol.